The van der Waals surface area contributed by atoms with Crippen molar-refractivity contribution >= 4 is 27.4 Å². The van der Waals surface area contributed by atoms with E-state index in [9.17, 15) is 19.1 Å². The zero-order valence-electron chi connectivity index (χ0n) is 20.4. The summed E-state index contributed by atoms with van der Waals surface area (Å²) in [5.74, 6) is 4.03. The predicted octanol–water partition coefficient (Wildman–Crippen LogP) is 2.70. The Balaban J connectivity index is 0.00000281. The summed E-state index contributed by atoms with van der Waals surface area (Å²) >= 11 is 0. The minimum absolute atomic E-state index is 0.0122. The minimum Gasteiger partial charge on any atom is -0.466 e. The molecule has 0 saturated carbocycles. The van der Waals surface area contributed by atoms with E-state index in [1.807, 2.05) is 13.8 Å². The highest BCUT2D eigenvalue weighted by atomic mass is 32.2. The number of nitrogens with zero attached hydrogens (tertiary/aromatic N) is 1. The Morgan fingerprint density at radius 2 is 2.00 bits per heavy atom. The number of rotatable bonds is 9. The van der Waals surface area contributed by atoms with E-state index in [0.29, 0.717) is 12.2 Å². The molecule has 1 heterocycles. The van der Waals surface area contributed by atoms with Gasteiger partial charge < -0.3 is 25.3 Å². The second-order valence-electron chi connectivity index (χ2n) is 8.03. The van der Waals surface area contributed by atoms with Crippen molar-refractivity contribution in [1.82, 2.24) is 10.0 Å². The Bertz CT molecular complexity index is 958. The van der Waals surface area contributed by atoms with E-state index < -0.39 is 38.7 Å². The molecule has 1 aliphatic rings. The van der Waals surface area contributed by atoms with E-state index in [4.69, 9.17) is 19.9 Å². The fourth-order valence-corrected chi connectivity index (χ4v) is 4.15. The van der Waals surface area contributed by atoms with Crippen molar-refractivity contribution in [2.45, 2.75) is 63.9 Å². The number of nitrogens with one attached hydrogen (secondary N) is 2. The molecule has 4 N–H and O–H groups in total. The Morgan fingerprint density at radius 3 is 2.59 bits per heavy atom. The van der Waals surface area contributed by atoms with E-state index in [1.54, 1.807) is 32.9 Å². The number of nitrogens with two attached hydrogens (primary N) is 1. The van der Waals surface area contributed by atoms with Crippen LogP contribution >= 0.6 is 0 Å². The number of hydrogen-bond acceptors (Lipinski definition) is 8. The maximum absolute atomic E-state index is 13.0. The maximum atomic E-state index is 13.0. The summed E-state index contributed by atoms with van der Waals surface area (Å²) in [4.78, 5) is 22.7. The highest BCUT2D eigenvalue weighted by Crippen LogP contribution is 2.24. The van der Waals surface area contributed by atoms with Crippen molar-refractivity contribution in [3.8, 4) is 0 Å². The average molecular weight is 501 g/mol. The number of nitro groups is 1. The van der Waals surface area contributed by atoms with Gasteiger partial charge in [0.25, 0.3) is 5.69 Å². The molecule has 1 aromatic carbocycles. The molecular formula is C22H36N4O7S. The molecule has 0 saturated heterocycles. The van der Waals surface area contributed by atoms with Crippen LogP contribution in [0.25, 0.3) is 0 Å². The first-order valence-electron chi connectivity index (χ1n) is 10.9. The fourth-order valence-electron chi connectivity index (χ4n) is 2.84. The van der Waals surface area contributed by atoms with Crippen molar-refractivity contribution in [3.63, 3.8) is 0 Å². The van der Waals surface area contributed by atoms with Gasteiger partial charge in [-0.15, -0.1) is 0 Å². The minimum atomic E-state index is -3.19. The lowest BCUT2D eigenvalue weighted by Gasteiger charge is -2.33. The summed E-state index contributed by atoms with van der Waals surface area (Å²) < 4.78 is 32.4. The van der Waals surface area contributed by atoms with Crippen LogP contribution in [0.3, 0.4) is 0 Å². The van der Waals surface area contributed by atoms with Gasteiger partial charge >= 0.3 is 6.09 Å². The maximum Gasteiger partial charge on any atom is 0.408 e. The van der Waals surface area contributed by atoms with Crippen molar-refractivity contribution in [3.05, 3.63) is 46.2 Å². The molecule has 0 aromatic heterocycles. The first-order valence-corrected chi connectivity index (χ1v) is 12.7. The second-order valence-corrected chi connectivity index (χ2v) is 10.1. The number of nitro benzene ring substituents is 1. The molecule has 2 rings (SSSR count). The number of carbonyl (C=O) groups excluding carboxylic acids is 1. The van der Waals surface area contributed by atoms with Crippen LogP contribution in [-0.4, -0.2) is 58.7 Å². The van der Waals surface area contributed by atoms with Gasteiger partial charge in [-0.1, -0.05) is 26.0 Å². The van der Waals surface area contributed by atoms with Gasteiger partial charge in [0.05, 0.1) is 33.8 Å². The van der Waals surface area contributed by atoms with Gasteiger partial charge in [0, 0.05) is 12.6 Å². The Labute approximate surface area is 201 Å². The summed E-state index contributed by atoms with van der Waals surface area (Å²) in [6.07, 6.45) is 0.598. The van der Waals surface area contributed by atoms with Gasteiger partial charge in [-0.2, -0.15) is 0 Å². The molecule has 0 spiro atoms. The Hall–Kier alpha value is -2.67. The van der Waals surface area contributed by atoms with Crippen LogP contribution in [-0.2, 0) is 23.9 Å². The summed E-state index contributed by atoms with van der Waals surface area (Å²) in [6, 6.07) is 5.17. The number of ether oxygens (including phenoxy) is 3. The van der Waals surface area contributed by atoms with Gasteiger partial charge in [-0.25, -0.2) is 13.7 Å². The standard InChI is InChI=1S/C20H30N4O7S.C2H6/c1-20(2,3)31-19(25)23-15-10-9-14(30-18(15)29-12-11-21)13-22-32(4,28)17-8-6-5-7-16(17)24(26)27;1-2/h5-9,15,18H,4,10-13,21H2,1-3H3,(H,22,28)(H,23,25);1-2H3/t15-,18+,32?;/m1./s1. The van der Waals surface area contributed by atoms with E-state index in [2.05, 4.69) is 15.9 Å². The lowest BCUT2D eigenvalue weighted by molar-refractivity contribution is -0.387. The molecule has 0 radical (unpaired) electrons. The number of benzene rings is 1. The summed E-state index contributed by atoms with van der Waals surface area (Å²) in [7, 11) is -3.19. The molecule has 0 fully saturated rings. The van der Waals surface area contributed by atoms with Crippen LogP contribution in [0, 0.1) is 10.1 Å². The second kappa shape index (κ2) is 13.3. The topological polar surface area (TPSA) is 155 Å². The molecule has 1 aliphatic heterocycles. The number of alkyl carbamates (subject to hydrolysis) is 1. The van der Waals surface area contributed by atoms with Gasteiger partial charge in [0.1, 0.15) is 16.3 Å². The first-order chi connectivity index (χ1) is 15.9. The van der Waals surface area contributed by atoms with Crippen molar-refractivity contribution in [1.29, 1.82) is 0 Å². The summed E-state index contributed by atoms with van der Waals surface area (Å²) in [5.41, 5.74) is 4.56. The fraction of sp³-hybridized carbons (Fsp3) is 0.545. The molecule has 192 valence electrons. The molecule has 11 nitrogen and oxygen atoms in total. The molecule has 12 heteroatoms. The van der Waals surface area contributed by atoms with Crippen LogP contribution < -0.4 is 15.8 Å². The van der Waals surface area contributed by atoms with E-state index in [0.717, 1.165) is 0 Å². The van der Waals surface area contributed by atoms with Gasteiger partial charge in [0.15, 0.2) is 0 Å². The predicted molar refractivity (Wildman–Crippen MR) is 132 cm³/mol. The Morgan fingerprint density at radius 1 is 1.35 bits per heavy atom. The van der Waals surface area contributed by atoms with Crippen LogP contribution in [0.5, 0.6) is 0 Å². The van der Waals surface area contributed by atoms with Gasteiger partial charge in [-0.3, -0.25) is 10.1 Å². The normalized spacial score (nSPS) is 19.4. The molecule has 3 atom stereocenters. The molecule has 34 heavy (non-hydrogen) atoms. The van der Waals surface area contributed by atoms with Crippen molar-refractivity contribution < 1.29 is 28.1 Å². The third kappa shape index (κ3) is 9.29. The number of amides is 1. The van der Waals surface area contributed by atoms with Gasteiger partial charge in [-0.05, 0) is 45.2 Å². The van der Waals surface area contributed by atoms with Crippen LogP contribution in [0.4, 0.5) is 10.5 Å². The molecule has 1 amide bonds. The van der Waals surface area contributed by atoms with E-state index in [1.165, 1.54) is 18.2 Å². The third-order valence-electron chi connectivity index (χ3n) is 4.19. The van der Waals surface area contributed by atoms with Crippen LogP contribution in [0.15, 0.2) is 41.0 Å². The zero-order valence-corrected chi connectivity index (χ0v) is 21.2. The molecule has 0 aliphatic carbocycles. The van der Waals surface area contributed by atoms with E-state index in [-0.39, 0.29) is 30.3 Å². The highest BCUT2D eigenvalue weighted by Gasteiger charge is 2.31. The van der Waals surface area contributed by atoms with Crippen LogP contribution in [0.2, 0.25) is 0 Å². The third-order valence-corrected chi connectivity index (χ3v) is 5.86. The summed E-state index contributed by atoms with van der Waals surface area (Å²) in [5, 5.41) is 14.0. The molecule has 1 unspecified atom stereocenters. The molecular weight excluding hydrogens is 464 g/mol. The molecule has 1 aromatic rings. The largest absolute Gasteiger partial charge is 0.466 e. The van der Waals surface area contributed by atoms with Gasteiger partial charge in [0.2, 0.25) is 6.29 Å². The van der Waals surface area contributed by atoms with Crippen molar-refractivity contribution in [2.75, 3.05) is 19.7 Å². The zero-order chi connectivity index (χ0) is 25.9. The first kappa shape index (κ1) is 29.4. The quantitative estimate of drug-likeness (QED) is 0.265. The number of hydrogen-bond donors (Lipinski definition) is 3. The highest BCUT2D eigenvalue weighted by molar-refractivity contribution is 7.98. The number of carbonyl (C=O) groups is 1. The smallest absolute Gasteiger partial charge is 0.408 e. The molecule has 0 bridgehead atoms. The van der Waals surface area contributed by atoms with Crippen LogP contribution in [0.1, 0.15) is 41.0 Å². The Kier molecular flexibility index (Phi) is 11.5. The SMILES string of the molecule is C=S(=O)(NCC1=CC[C@@H](NC(=O)OC(C)(C)C)[C@@H](OCCN)O1)c1ccccc1[N+](=O)[O-].CC. The van der Waals surface area contributed by atoms with E-state index >= 15 is 0 Å². The average Bonchev–Trinajstić information content (AvgIpc) is 2.77. The monoisotopic (exact) mass is 500 g/mol. The lowest BCUT2D eigenvalue weighted by Crippen LogP contribution is -2.49. The number of para-hydroxylation sites is 1. The summed E-state index contributed by atoms with van der Waals surface area (Å²) in [6.45, 7) is 9.69. The lowest BCUT2D eigenvalue weighted by atomic mass is 10.1. The van der Waals surface area contributed by atoms with Crippen molar-refractivity contribution in [2.24, 2.45) is 5.73 Å².